The maximum Gasteiger partial charge on any atom is 0.145 e. The van der Waals surface area contributed by atoms with Crippen LogP contribution in [-0.2, 0) is 13.1 Å². The smallest absolute Gasteiger partial charge is 0.145 e. The molecule has 0 atom stereocenters. The van der Waals surface area contributed by atoms with Crippen LogP contribution in [0.1, 0.15) is 5.56 Å². The maximum atomic E-state index is 8.95. The van der Waals surface area contributed by atoms with Gasteiger partial charge in [0.15, 0.2) is 0 Å². The van der Waals surface area contributed by atoms with Crippen molar-refractivity contribution in [1.29, 1.82) is 5.26 Å². The van der Waals surface area contributed by atoms with Crippen LogP contribution in [0, 0.1) is 11.3 Å². The molecule has 0 unspecified atom stereocenters. The molecule has 19 heavy (non-hydrogen) atoms. The first kappa shape index (κ1) is 11.4. The van der Waals surface area contributed by atoms with Crippen LogP contribution in [0.15, 0.2) is 42.7 Å². The number of nitrogen functional groups attached to an aromatic ring is 1. The Morgan fingerprint density at radius 2 is 2.05 bits per heavy atom. The van der Waals surface area contributed by atoms with E-state index in [0.29, 0.717) is 11.4 Å². The second kappa shape index (κ2) is 4.50. The van der Waals surface area contributed by atoms with Gasteiger partial charge in [0.25, 0.3) is 0 Å². The van der Waals surface area contributed by atoms with E-state index in [1.807, 2.05) is 41.3 Å². The van der Waals surface area contributed by atoms with Crippen molar-refractivity contribution < 1.29 is 0 Å². The molecule has 94 valence electrons. The van der Waals surface area contributed by atoms with E-state index in [9.17, 15) is 0 Å². The molecule has 2 N–H and O–H groups in total. The molecule has 0 saturated carbocycles. The van der Waals surface area contributed by atoms with Crippen LogP contribution < -0.4 is 5.73 Å². The van der Waals surface area contributed by atoms with Crippen LogP contribution in [0.4, 0.5) is 5.82 Å². The molecule has 5 nitrogen and oxygen atoms in total. The summed E-state index contributed by atoms with van der Waals surface area (Å²) in [5, 5.41) is 14.2. The van der Waals surface area contributed by atoms with Crippen molar-refractivity contribution in [2.24, 2.45) is 0 Å². The van der Waals surface area contributed by atoms with E-state index in [4.69, 9.17) is 11.0 Å². The van der Waals surface area contributed by atoms with Crippen molar-refractivity contribution >= 4 is 16.7 Å². The monoisotopic (exact) mass is 251 g/mol. The minimum absolute atomic E-state index is 0.532. The molecule has 0 bridgehead atoms. The Kier molecular flexibility index (Phi) is 2.69. The van der Waals surface area contributed by atoms with Crippen LogP contribution in [0.5, 0.6) is 0 Å². The number of nitrogens with two attached hydrogens (primary N) is 1. The minimum atomic E-state index is 0.532. The zero-order valence-electron chi connectivity index (χ0n) is 10.3. The van der Waals surface area contributed by atoms with Gasteiger partial charge in [-0.2, -0.15) is 10.4 Å². The van der Waals surface area contributed by atoms with Gasteiger partial charge in [-0.05, 0) is 29.7 Å². The van der Waals surface area contributed by atoms with Crippen LogP contribution >= 0.6 is 0 Å². The van der Waals surface area contributed by atoms with Crippen molar-refractivity contribution in [3.05, 3.63) is 48.3 Å². The first-order valence-corrected chi connectivity index (χ1v) is 6.04. The van der Waals surface area contributed by atoms with E-state index < -0.39 is 0 Å². The Morgan fingerprint density at radius 3 is 2.79 bits per heavy atom. The van der Waals surface area contributed by atoms with E-state index in [-0.39, 0.29) is 0 Å². The summed E-state index contributed by atoms with van der Waals surface area (Å²) in [6, 6.07) is 11.7. The average Bonchev–Trinajstić information content (AvgIpc) is 3.02. The summed E-state index contributed by atoms with van der Waals surface area (Å²) in [4.78, 5) is 0. The number of nitrogens with zero attached hydrogens (tertiary/aromatic N) is 4. The highest BCUT2D eigenvalue weighted by molar-refractivity contribution is 5.81. The van der Waals surface area contributed by atoms with Crippen molar-refractivity contribution in [3.8, 4) is 6.07 Å². The second-order valence-electron chi connectivity index (χ2n) is 4.40. The third kappa shape index (κ3) is 2.16. The molecule has 3 aromatic rings. The van der Waals surface area contributed by atoms with E-state index in [0.717, 1.165) is 24.0 Å². The van der Waals surface area contributed by atoms with Crippen molar-refractivity contribution in [1.82, 2.24) is 14.3 Å². The Hall–Kier alpha value is -2.74. The molecule has 0 aliphatic carbocycles. The maximum absolute atomic E-state index is 8.95. The number of hydrogen-bond acceptors (Lipinski definition) is 3. The predicted octanol–water partition coefficient (Wildman–Crippen LogP) is 1.99. The molecule has 0 aliphatic heterocycles. The molecular weight excluding hydrogens is 238 g/mol. The van der Waals surface area contributed by atoms with Crippen molar-refractivity contribution in [2.45, 2.75) is 13.1 Å². The molecular formula is C14H13N5. The summed E-state index contributed by atoms with van der Waals surface area (Å²) < 4.78 is 3.93. The lowest BCUT2D eigenvalue weighted by atomic mass is 10.2. The van der Waals surface area contributed by atoms with Crippen LogP contribution in [0.2, 0.25) is 0 Å². The van der Waals surface area contributed by atoms with Gasteiger partial charge >= 0.3 is 0 Å². The summed E-state index contributed by atoms with van der Waals surface area (Å²) in [6.45, 7) is 1.54. The van der Waals surface area contributed by atoms with Crippen LogP contribution in [0.3, 0.4) is 0 Å². The highest BCUT2D eigenvalue weighted by atomic mass is 15.3. The molecule has 0 amide bonds. The predicted molar refractivity (Wildman–Crippen MR) is 73.3 cm³/mol. The number of anilines is 1. The number of hydrogen-bond donors (Lipinski definition) is 1. The number of benzene rings is 1. The Balaban J connectivity index is 1.86. The third-order valence-corrected chi connectivity index (χ3v) is 3.13. The fourth-order valence-corrected chi connectivity index (χ4v) is 2.16. The number of rotatable bonds is 3. The quantitative estimate of drug-likeness (QED) is 0.773. The number of aryl methyl sites for hydroxylation is 2. The van der Waals surface area contributed by atoms with Gasteiger partial charge in [-0.25, -0.2) is 0 Å². The van der Waals surface area contributed by atoms with E-state index in [2.05, 4.69) is 15.7 Å². The highest BCUT2D eigenvalue weighted by Gasteiger charge is 2.03. The molecule has 3 rings (SSSR count). The lowest BCUT2D eigenvalue weighted by molar-refractivity contribution is 0.544. The summed E-state index contributed by atoms with van der Waals surface area (Å²) in [6.07, 6.45) is 3.89. The Bertz CT molecular complexity index is 760. The van der Waals surface area contributed by atoms with Crippen LogP contribution in [-0.4, -0.2) is 14.3 Å². The van der Waals surface area contributed by atoms with Gasteiger partial charge in [-0.3, -0.25) is 4.68 Å². The van der Waals surface area contributed by atoms with Gasteiger partial charge in [-0.1, -0.05) is 6.07 Å². The van der Waals surface area contributed by atoms with E-state index in [1.54, 1.807) is 6.07 Å². The van der Waals surface area contributed by atoms with E-state index in [1.165, 1.54) is 0 Å². The molecule has 5 heteroatoms. The number of nitriles is 1. The Labute approximate surface area is 110 Å². The lowest BCUT2D eigenvalue weighted by Crippen LogP contribution is -2.07. The van der Waals surface area contributed by atoms with Gasteiger partial charge in [0.2, 0.25) is 0 Å². The molecule has 0 radical (unpaired) electrons. The standard InChI is InChI=1S/C14H13N5/c15-10-11-1-2-12-3-5-18(13(12)9-11)7-8-19-6-4-14(16)17-19/h1-6,9H,7-8H2,(H2,16,17). The Morgan fingerprint density at radius 1 is 1.16 bits per heavy atom. The SMILES string of the molecule is N#Cc1ccc2ccn(CCn3ccc(N)n3)c2c1. The molecule has 2 aromatic heterocycles. The fourth-order valence-electron chi connectivity index (χ4n) is 2.16. The van der Waals surface area contributed by atoms with E-state index >= 15 is 0 Å². The molecule has 0 saturated heterocycles. The molecule has 1 aromatic carbocycles. The number of aromatic nitrogens is 3. The van der Waals surface area contributed by atoms with Gasteiger partial charge in [0, 0.05) is 24.5 Å². The summed E-state index contributed by atoms with van der Waals surface area (Å²) in [5.41, 5.74) is 7.33. The van der Waals surface area contributed by atoms with Crippen molar-refractivity contribution in [2.75, 3.05) is 5.73 Å². The van der Waals surface area contributed by atoms with Crippen LogP contribution in [0.25, 0.3) is 10.9 Å². The largest absolute Gasteiger partial charge is 0.382 e. The second-order valence-corrected chi connectivity index (χ2v) is 4.40. The topological polar surface area (TPSA) is 72.6 Å². The normalized spacial score (nSPS) is 10.7. The number of fused-ring (bicyclic) bond motifs is 1. The molecule has 0 spiro atoms. The fraction of sp³-hybridized carbons (Fsp3) is 0.143. The highest BCUT2D eigenvalue weighted by Crippen LogP contribution is 2.17. The minimum Gasteiger partial charge on any atom is -0.382 e. The third-order valence-electron chi connectivity index (χ3n) is 3.13. The first-order chi connectivity index (χ1) is 9.26. The lowest BCUT2D eigenvalue weighted by Gasteiger charge is -2.06. The zero-order valence-corrected chi connectivity index (χ0v) is 10.3. The zero-order chi connectivity index (χ0) is 13.2. The first-order valence-electron chi connectivity index (χ1n) is 6.04. The molecule has 0 fully saturated rings. The van der Waals surface area contributed by atoms with Gasteiger partial charge in [0.05, 0.1) is 18.2 Å². The average molecular weight is 251 g/mol. The summed E-state index contributed by atoms with van der Waals surface area (Å²) in [7, 11) is 0. The molecule has 2 heterocycles. The summed E-state index contributed by atoms with van der Waals surface area (Å²) in [5.74, 6) is 0.532. The van der Waals surface area contributed by atoms with Gasteiger partial charge in [-0.15, -0.1) is 0 Å². The summed E-state index contributed by atoms with van der Waals surface area (Å²) >= 11 is 0. The van der Waals surface area contributed by atoms with Gasteiger partial charge in [0.1, 0.15) is 5.82 Å². The van der Waals surface area contributed by atoms with Crippen molar-refractivity contribution in [3.63, 3.8) is 0 Å². The molecule has 0 aliphatic rings. The van der Waals surface area contributed by atoms with Gasteiger partial charge < -0.3 is 10.3 Å².